The molecule has 3 rings (SSSR count). The summed E-state index contributed by atoms with van der Waals surface area (Å²) >= 11 is 6.15. The van der Waals surface area contributed by atoms with Gasteiger partial charge in [-0.3, -0.25) is 0 Å². The first-order valence-corrected chi connectivity index (χ1v) is 6.69. The van der Waals surface area contributed by atoms with Gasteiger partial charge in [-0.25, -0.2) is 0 Å². The molecule has 0 unspecified atom stereocenters. The van der Waals surface area contributed by atoms with Gasteiger partial charge >= 0.3 is 0 Å². The third kappa shape index (κ3) is 2.93. The molecule has 0 atom stereocenters. The molecule has 0 fully saturated rings. The van der Waals surface area contributed by atoms with Crippen LogP contribution < -0.4 is 11.1 Å². The third-order valence-corrected chi connectivity index (χ3v) is 3.21. The van der Waals surface area contributed by atoms with Gasteiger partial charge in [0.25, 0.3) is 0 Å². The minimum absolute atomic E-state index is 0.101. The molecule has 3 aromatic rings. The lowest BCUT2D eigenvalue weighted by molar-refractivity contribution is 0.996. The number of nitrogen functional groups attached to an aromatic ring is 1. The molecule has 104 valence electrons. The van der Waals surface area contributed by atoms with Gasteiger partial charge in [-0.05, 0) is 12.1 Å². The zero-order valence-corrected chi connectivity index (χ0v) is 11.7. The van der Waals surface area contributed by atoms with Gasteiger partial charge in [-0.2, -0.15) is 4.98 Å². The topological polar surface area (TPSA) is 76.7 Å². The summed E-state index contributed by atoms with van der Waals surface area (Å²) in [6.45, 7) is 0. The molecule has 0 bridgehead atoms. The number of hydrogen-bond acceptors (Lipinski definition) is 5. The summed E-state index contributed by atoms with van der Waals surface area (Å²) < 4.78 is 0. The van der Waals surface area contributed by atoms with E-state index in [1.54, 1.807) is 6.07 Å². The molecule has 0 aliphatic rings. The second-order valence-corrected chi connectivity index (χ2v) is 4.75. The lowest BCUT2D eigenvalue weighted by Gasteiger charge is -2.11. The highest BCUT2D eigenvalue weighted by Gasteiger charge is 2.11. The maximum absolute atomic E-state index is 6.15. The highest BCUT2D eigenvalue weighted by molar-refractivity contribution is 6.33. The van der Waals surface area contributed by atoms with Gasteiger partial charge in [0.2, 0.25) is 5.95 Å². The van der Waals surface area contributed by atoms with Gasteiger partial charge in [-0.15, -0.1) is 10.2 Å². The van der Waals surface area contributed by atoms with Crippen molar-refractivity contribution in [3.63, 3.8) is 0 Å². The molecule has 0 aliphatic carbocycles. The van der Waals surface area contributed by atoms with Gasteiger partial charge in [0, 0.05) is 5.56 Å². The Balaban J connectivity index is 2.06. The molecule has 0 aliphatic heterocycles. The van der Waals surface area contributed by atoms with Crippen LogP contribution >= 0.6 is 11.6 Å². The minimum atomic E-state index is 0.101. The van der Waals surface area contributed by atoms with Crippen molar-refractivity contribution in [2.24, 2.45) is 0 Å². The Bertz CT molecular complexity index is 761. The summed E-state index contributed by atoms with van der Waals surface area (Å²) in [4.78, 5) is 4.22. The maximum atomic E-state index is 6.15. The Morgan fingerprint density at radius 2 is 1.62 bits per heavy atom. The second kappa shape index (κ2) is 5.76. The quantitative estimate of drug-likeness (QED) is 0.773. The van der Waals surface area contributed by atoms with E-state index >= 15 is 0 Å². The molecule has 0 amide bonds. The minimum Gasteiger partial charge on any atom is -0.366 e. The van der Waals surface area contributed by atoms with Crippen LogP contribution in [0.15, 0.2) is 54.6 Å². The number of halogens is 1. The largest absolute Gasteiger partial charge is 0.366 e. The number of nitrogens with zero attached hydrogens (tertiary/aromatic N) is 3. The van der Waals surface area contributed by atoms with Crippen LogP contribution in [0.25, 0.3) is 11.3 Å². The zero-order valence-electron chi connectivity index (χ0n) is 11.0. The van der Waals surface area contributed by atoms with E-state index in [9.17, 15) is 0 Å². The van der Waals surface area contributed by atoms with Crippen LogP contribution in [0.1, 0.15) is 0 Å². The number of nitrogens with one attached hydrogen (secondary N) is 1. The first kappa shape index (κ1) is 13.3. The number of benzene rings is 2. The fourth-order valence-corrected chi connectivity index (χ4v) is 2.09. The molecule has 0 saturated heterocycles. The van der Waals surface area contributed by atoms with Gasteiger partial charge in [0.05, 0.1) is 10.7 Å². The van der Waals surface area contributed by atoms with E-state index in [0.29, 0.717) is 16.5 Å². The standard InChI is InChI=1S/C15H12ClN5/c16-11-8-4-5-9-12(11)18-14-13(20-21-15(17)19-14)10-6-2-1-3-7-10/h1-9H,(H3,17,18,19,21). The molecule has 0 spiro atoms. The van der Waals surface area contributed by atoms with Crippen molar-refractivity contribution in [1.82, 2.24) is 15.2 Å². The highest BCUT2D eigenvalue weighted by Crippen LogP contribution is 2.29. The molecule has 5 nitrogen and oxygen atoms in total. The molecule has 0 saturated carbocycles. The molecule has 6 heteroatoms. The zero-order chi connectivity index (χ0) is 14.7. The van der Waals surface area contributed by atoms with Crippen molar-refractivity contribution in [2.45, 2.75) is 0 Å². The van der Waals surface area contributed by atoms with Crippen LogP contribution in [0.5, 0.6) is 0 Å². The van der Waals surface area contributed by atoms with E-state index in [1.165, 1.54) is 0 Å². The number of para-hydroxylation sites is 1. The highest BCUT2D eigenvalue weighted by atomic mass is 35.5. The van der Waals surface area contributed by atoms with Gasteiger partial charge in [0.15, 0.2) is 5.82 Å². The summed E-state index contributed by atoms with van der Waals surface area (Å²) in [6, 6.07) is 17.0. The van der Waals surface area contributed by atoms with Crippen LogP contribution in [0.3, 0.4) is 0 Å². The summed E-state index contributed by atoms with van der Waals surface area (Å²) in [5.74, 6) is 0.617. The van der Waals surface area contributed by atoms with Crippen molar-refractivity contribution in [2.75, 3.05) is 11.1 Å². The average Bonchev–Trinajstić information content (AvgIpc) is 2.51. The molecule has 21 heavy (non-hydrogen) atoms. The first-order chi connectivity index (χ1) is 10.2. The Hall–Kier alpha value is -2.66. The predicted molar refractivity (Wildman–Crippen MR) is 84.4 cm³/mol. The van der Waals surface area contributed by atoms with Gasteiger partial charge < -0.3 is 11.1 Å². The summed E-state index contributed by atoms with van der Waals surface area (Å²) in [6.07, 6.45) is 0. The number of anilines is 3. The predicted octanol–water partition coefficient (Wildman–Crippen LogP) is 3.52. The summed E-state index contributed by atoms with van der Waals surface area (Å²) in [7, 11) is 0. The number of rotatable bonds is 3. The molecule has 3 N–H and O–H groups in total. The normalized spacial score (nSPS) is 10.3. The summed E-state index contributed by atoms with van der Waals surface area (Å²) in [5, 5.41) is 11.7. The van der Waals surface area contributed by atoms with Crippen molar-refractivity contribution in [1.29, 1.82) is 0 Å². The Labute approximate surface area is 126 Å². The molecular weight excluding hydrogens is 286 g/mol. The smallest absolute Gasteiger partial charge is 0.242 e. The SMILES string of the molecule is Nc1nnc(-c2ccccc2)c(Nc2ccccc2Cl)n1. The number of aromatic nitrogens is 3. The molecular formula is C15H12ClN5. The monoisotopic (exact) mass is 297 g/mol. The van der Waals surface area contributed by atoms with Crippen LogP contribution in [0.2, 0.25) is 5.02 Å². The van der Waals surface area contributed by atoms with E-state index in [1.807, 2.05) is 48.5 Å². The lowest BCUT2D eigenvalue weighted by atomic mass is 10.1. The van der Waals surface area contributed by atoms with E-state index in [4.69, 9.17) is 17.3 Å². The van der Waals surface area contributed by atoms with Crippen LogP contribution in [-0.4, -0.2) is 15.2 Å². The Morgan fingerprint density at radius 3 is 2.38 bits per heavy atom. The van der Waals surface area contributed by atoms with Crippen LogP contribution in [0.4, 0.5) is 17.5 Å². The summed E-state index contributed by atoms with van der Waals surface area (Å²) in [5.41, 5.74) is 7.88. The van der Waals surface area contributed by atoms with E-state index in [0.717, 1.165) is 11.3 Å². The lowest BCUT2D eigenvalue weighted by Crippen LogP contribution is -2.05. The number of nitrogens with two attached hydrogens (primary N) is 1. The molecule has 1 aromatic heterocycles. The number of hydrogen-bond donors (Lipinski definition) is 2. The second-order valence-electron chi connectivity index (χ2n) is 4.34. The van der Waals surface area contributed by atoms with E-state index in [-0.39, 0.29) is 5.95 Å². The third-order valence-electron chi connectivity index (χ3n) is 2.88. The van der Waals surface area contributed by atoms with Crippen LogP contribution in [-0.2, 0) is 0 Å². The van der Waals surface area contributed by atoms with E-state index < -0.39 is 0 Å². The van der Waals surface area contributed by atoms with Gasteiger partial charge in [-0.1, -0.05) is 54.1 Å². The average molecular weight is 298 g/mol. The van der Waals surface area contributed by atoms with E-state index in [2.05, 4.69) is 20.5 Å². The Kier molecular flexibility index (Phi) is 3.66. The van der Waals surface area contributed by atoms with Crippen LogP contribution in [0, 0.1) is 0 Å². The molecule has 0 radical (unpaired) electrons. The fourth-order valence-electron chi connectivity index (χ4n) is 1.91. The van der Waals surface area contributed by atoms with Crippen molar-refractivity contribution < 1.29 is 0 Å². The Morgan fingerprint density at radius 1 is 0.905 bits per heavy atom. The maximum Gasteiger partial charge on any atom is 0.242 e. The molecule has 1 heterocycles. The van der Waals surface area contributed by atoms with Crippen molar-refractivity contribution in [3.8, 4) is 11.3 Å². The van der Waals surface area contributed by atoms with Gasteiger partial charge in [0.1, 0.15) is 5.69 Å². The first-order valence-electron chi connectivity index (χ1n) is 6.31. The van der Waals surface area contributed by atoms with Crippen molar-refractivity contribution >= 4 is 29.1 Å². The molecule has 2 aromatic carbocycles. The fraction of sp³-hybridized carbons (Fsp3) is 0. The van der Waals surface area contributed by atoms with Crippen molar-refractivity contribution in [3.05, 3.63) is 59.6 Å².